The van der Waals surface area contributed by atoms with Crippen LogP contribution in [0.1, 0.15) is 56.5 Å². The van der Waals surface area contributed by atoms with Crippen LogP contribution in [0.5, 0.6) is 0 Å². The summed E-state index contributed by atoms with van der Waals surface area (Å²) < 4.78 is 7.07. The molecule has 0 atom stereocenters. The number of imidazole rings is 2. The highest BCUT2D eigenvalue weighted by molar-refractivity contribution is 5.76. The van der Waals surface area contributed by atoms with Crippen molar-refractivity contribution in [2.24, 2.45) is 7.05 Å². The predicted octanol–water partition coefficient (Wildman–Crippen LogP) is 2.29. The Hall–Kier alpha value is -2.31. The van der Waals surface area contributed by atoms with Gasteiger partial charge in [-0.3, -0.25) is 18.3 Å². The van der Waals surface area contributed by atoms with Crippen molar-refractivity contribution in [3.63, 3.8) is 0 Å². The zero-order valence-corrected chi connectivity index (χ0v) is 15.4. The lowest BCUT2D eigenvalue weighted by Crippen LogP contribution is -2.39. The fraction of sp³-hybridized carbons (Fsp3) is 0.611. The van der Waals surface area contributed by atoms with Gasteiger partial charge < -0.3 is 4.57 Å². The van der Waals surface area contributed by atoms with Gasteiger partial charge in [0.25, 0.3) is 5.56 Å². The van der Waals surface area contributed by atoms with Crippen molar-refractivity contribution < 1.29 is 0 Å². The highest BCUT2D eigenvalue weighted by Crippen LogP contribution is 2.34. The molecule has 1 fully saturated rings. The minimum atomic E-state index is -0.290. The van der Waals surface area contributed by atoms with Crippen LogP contribution >= 0.6 is 0 Å². The second kappa shape index (κ2) is 5.61. The molecule has 0 aliphatic heterocycles. The highest BCUT2D eigenvalue weighted by Gasteiger charge is 2.27. The summed E-state index contributed by atoms with van der Waals surface area (Å²) in [7, 11) is 1.70. The van der Waals surface area contributed by atoms with Gasteiger partial charge >= 0.3 is 5.69 Å². The third kappa shape index (κ3) is 2.07. The van der Waals surface area contributed by atoms with Crippen LogP contribution in [0.15, 0.2) is 9.59 Å². The van der Waals surface area contributed by atoms with Crippen molar-refractivity contribution in [1.29, 1.82) is 0 Å². The SMILES string of the molecule is CCCn1c(=O)c2c(nc3n(C4CCCC4)c(C)c(C)n23)n(C)c1=O. The summed E-state index contributed by atoms with van der Waals surface area (Å²) in [5.74, 6) is 0.790. The molecule has 7 heteroatoms. The van der Waals surface area contributed by atoms with Gasteiger partial charge in [-0.2, -0.15) is 4.98 Å². The summed E-state index contributed by atoms with van der Waals surface area (Å²) in [5.41, 5.74) is 2.66. The van der Waals surface area contributed by atoms with Crippen molar-refractivity contribution in [2.45, 2.75) is 65.5 Å². The molecular weight excluding hydrogens is 318 g/mol. The Morgan fingerprint density at radius 3 is 2.44 bits per heavy atom. The molecule has 0 radical (unpaired) electrons. The van der Waals surface area contributed by atoms with Gasteiger partial charge in [-0.05, 0) is 33.1 Å². The molecule has 0 unspecified atom stereocenters. The molecule has 4 rings (SSSR count). The van der Waals surface area contributed by atoms with Gasteiger partial charge in [-0.25, -0.2) is 4.79 Å². The van der Waals surface area contributed by atoms with Gasteiger partial charge in [0.05, 0.1) is 0 Å². The summed E-state index contributed by atoms with van der Waals surface area (Å²) in [6.07, 6.45) is 5.49. The first-order valence-electron chi connectivity index (χ1n) is 9.16. The van der Waals surface area contributed by atoms with E-state index in [4.69, 9.17) is 4.98 Å². The predicted molar refractivity (Wildman–Crippen MR) is 97.5 cm³/mol. The van der Waals surface area contributed by atoms with E-state index < -0.39 is 0 Å². The van der Waals surface area contributed by atoms with E-state index in [1.54, 1.807) is 7.05 Å². The summed E-state index contributed by atoms with van der Waals surface area (Å²) in [5, 5.41) is 0. The molecule has 0 N–H and O–H groups in total. The van der Waals surface area contributed by atoms with E-state index in [0.717, 1.165) is 36.4 Å². The first kappa shape index (κ1) is 16.2. The van der Waals surface area contributed by atoms with Crippen LogP contribution in [0.4, 0.5) is 0 Å². The van der Waals surface area contributed by atoms with E-state index in [9.17, 15) is 9.59 Å². The minimum Gasteiger partial charge on any atom is -0.311 e. The first-order valence-corrected chi connectivity index (χ1v) is 9.16. The smallest absolute Gasteiger partial charge is 0.311 e. The molecule has 0 saturated heterocycles. The van der Waals surface area contributed by atoms with Crippen molar-refractivity contribution >= 4 is 16.9 Å². The van der Waals surface area contributed by atoms with Crippen molar-refractivity contribution in [1.82, 2.24) is 23.1 Å². The third-order valence-electron chi connectivity index (χ3n) is 5.70. The normalized spacial score (nSPS) is 15.8. The molecule has 1 saturated carbocycles. The molecule has 7 nitrogen and oxygen atoms in total. The average Bonchev–Trinajstić information content (AvgIpc) is 3.28. The molecule has 3 heterocycles. The Kier molecular flexibility index (Phi) is 3.63. The van der Waals surface area contributed by atoms with Gasteiger partial charge in [0, 0.05) is 31.0 Å². The van der Waals surface area contributed by atoms with Gasteiger partial charge in [0.15, 0.2) is 11.2 Å². The Morgan fingerprint density at radius 2 is 1.80 bits per heavy atom. The van der Waals surface area contributed by atoms with E-state index in [-0.39, 0.29) is 11.2 Å². The Bertz CT molecular complexity index is 1090. The van der Waals surface area contributed by atoms with E-state index >= 15 is 0 Å². The highest BCUT2D eigenvalue weighted by atomic mass is 16.2. The molecule has 3 aromatic rings. The van der Waals surface area contributed by atoms with Crippen LogP contribution < -0.4 is 11.2 Å². The summed E-state index contributed by atoms with van der Waals surface area (Å²) in [6.45, 7) is 6.52. The lowest BCUT2D eigenvalue weighted by atomic mass is 10.2. The van der Waals surface area contributed by atoms with E-state index in [1.165, 1.54) is 22.0 Å². The van der Waals surface area contributed by atoms with Crippen LogP contribution in [0.25, 0.3) is 16.9 Å². The van der Waals surface area contributed by atoms with Crippen molar-refractivity contribution in [2.75, 3.05) is 0 Å². The number of aryl methyl sites for hydroxylation is 2. The summed E-state index contributed by atoms with van der Waals surface area (Å²) >= 11 is 0. The summed E-state index contributed by atoms with van der Waals surface area (Å²) in [6, 6.07) is 0.433. The zero-order chi connectivity index (χ0) is 17.9. The molecule has 0 aromatic carbocycles. The monoisotopic (exact) mass is 343 g/mol. The van der Waals surface area contributed by atoms with E-state index in [1.807, 2.05) is 18.2 Å². The van der Waals surface area contributed by atoms with Crippen molar-refractivity contribution in [3.8, 4) is 0 Å². The quantitative estimate of drug-likeness (QED) is 0.733. The number of nitrogens with zero attached hydrogens (tertiary/aromatic N) is 5. The Balaban J connectivity index is 2.16. The molecule has 0 amide bonds. The van der Waals surface area contributed by atoms with Crippen LogP contribution in [0, 0.1) is 13.8 Å². The number of hydrogen-bond acceptors (Lipinski definition) is 3. The van der Waals surface area contributed by atoms with Crippen LogP contribution in [-0.4, -0.2) is 23.1 Å². The summed E-state index contributed by atoms with van der Waals surface area (Å²) in [4.78, 5) is 30.3. The van der Waals surface area contributed by atoms with Gasteiger partial charge in [-0.15, -0.1) is 0 Å². The molecule has 25 heavy (non-hydrogen) atoms. The fourth-order valence-electron chi connectivity index (χ4n) is 4.30. The van der Waals surface area contributed by atoms with Gasteiger partial charge in [0.1, 0.15) is 0 Å². The van der Waals surface area contributed by atoms with E-state index in [2.05, 4.69) is 11.5 Å². The van der Waals surface area contributed by atoms with Gasteiger partial charge in [0.2, 0.25) is 5.78 Å². The average molecular weight is 343 g/mol. The maximum Gasteiger partial charge on any atom is 0.332 e. The molecular formula is C18H25N5O2. The second-order valence-electron chi connectivity index (χ2n) is 7.20. The van der Waals surface area contributed by atoms with Crippen LogP contribution in [0.2, 0.25) is 0 Å². The lowest BCUT2D eigenvalue weighted by molar-refractivity contribution is 0.520. The molecule has 134 valence electrons. The van der Waals surface area contributed by atoms with Crippen molar-refractivity contribution in [3.05, 3.63) is 32.2 Å². The second-order valence-corrected chi connectivity index (χ2v) is 7.20. The van der Waals surface area contributed by atoms with Crippen LogP contribution in [0.3, 0.4) is 0 Å². The number of aromatic nitrogens is 5. The number of rotatable bonds is 3. The standard InChI is InChI=1S/C18H25N5O2/c1-5-10-21-16(24)14-15(20(4)18(21)25)19-17-22(13-8-6-7-9-13)11(2)12(3)23(14)17/h13H,5-10H2,1-4H3. The maximum atomic E-state index is 13.0. The Morgan fingerprint density at radius 1 is 1.12 bits per heavy atom. The number of fused-ring (bicyclic) bond motifs is 3. The maximum absolute atomic E-state index is 13.0. The number of hydrogen-bond donors (Lipinski definition) is 0. The zero-order valence-electron chi connectivity index (χ0n) is 15.4. The lowest BCUT2D eigenvalue weighted by Gasteiger charge is -2.13. The first-order chi connectivity index (χ1) is 12.0. The molecule has 1 aliphatic rings. The van der Waals surface area contributed by atoms with Crippen LogP contribution in [-0.2, 0) is 13.6 Å². The molecule has 3 aromatic heterocycles. The molecule has 0 spiro atoms. The van der Waals surface area contributed by atoms with E-state index in [0.29, 0.717) is 23.8 Å². The minimum absolute atomic E-state index is 0.237. The topological polar surface area (TPSA) is 66.2 Å². The largest absolute Gasteiger partial charge is 0.332 e. The molecule has 0 bridgehead atoms. The van der Waals surface area contributed by atoms with Gasteiger partial charge in [-0.1, -0.05) is 19.8 Å². The molecule has 1 aliphatic carbocycles. The fourth-order valence-corrected chi connectivity index (χ4v) is 4.30. The third-order valence-corrected chi connectivity index (χ3v) is 5.70. The Labute approximate surface area is 145 Å².